The molecule has 0 atom stereocenters. The van der Waals surface area contributed by atoms with Crippen LogP contribution >= 0.6 is 11.3 Å². The third-order valence-electron chi connectivity index (χ3n) is 2.70. The topological polar surface area (TPSA) is 63.2 Å². The first-order valence-electron chi connectivity index (χ1n) is 6.31. The molecule has 20 heavy (non-hydrogen) atoms. The van der Waals surface area contributed by atoms with Gasteiger partial charge in [-0.25, -0.2) is 9.78 Å². The second kappa shape index (κ2) is 7.49. The van der Waals surface area contributed by atoms with Crippen molar-refractivity contribution in [3.05, 3.63) is 46.3 Å². The summed E-state index contributed by atoms with van der Waals surface area (Å²) >= 11 is 1.70. The lowest BCUT2D eigenvalue weighted by Crippen LogP contribution is -2.36. The number of nitrogens with one attached hydrogen (secondary N) is 2. The molecule has 0 saturated heterocycles. The molecule has 0 fully saturated rings. The number of thiophene rings is 1. The van der Waals surface area contributed by atoms with Gasteiger partial charge in [-0.05, 0) is 23.4 Å². The third-order valence-corrected chi connectivity index (χ3v) is 3.63. The Bertz CT molecular complexity index is 526. The van der Waals surface area contributed by atoms with Crippen LogP contribution in [0.5, 0.6) is 5.88 Å². The molecule has 5 nitrogen and oxygen atoms in total. The minimum atomic E-state index is -0.169. The lowest BCUT2D eigenvalue weighted by molar-refractivity contribution is 0.240. The minimum absolute atomic E-state index is 0.169. The molecule has 2 N–H and O–H groups in total. The number of amides is 2. The van der Waals surface area contributed by atoms with Gasteiger partial charge in [0.15, 0.2) is 0 Å². The molecular weight excluding hydrogens is 274 g/mol. The maximum absolute atomic E-state index is 11.6. The molecule has 0 radical (unpaired) electrons. The van der Waals surface area contributed by atoms with Gasteiger partial charge in [-0.2, -0.15) is 0 Å². The Hall–Kier alpha value is -2.08. The number of rotatable bonds is 6. The summed E-state index contributed by atoms with van der Waals surface area (Å²) in [5.74, 6) is 0.564. The largest absolute Gasteiger partial charge is 0.481 e. The van der Waals surface area contributed by atoms with Crippen LogP contribution in [0.4, 0.5) is 4.79 Å². The number of aromatic nitrogens is 1. The molecule has 6 heteroatoms. The van der Waals surface area contributed by atoms with Crippen molar-refractivity contribution >= 4 is 17.4 Å². The summed E-state index contributed by atoms with van der Waals surface area (Å²) in [5.41, 5.74) is 0.930. The molecule has 0 aromatic carbocycles. The fourth-order valence-corrected chi connectivity index (χ4v) is 2.34. The molecule has 106 valence electrons. The summed E-state index contributed by atoms with van der Waals surface area (Å²) in [6, 6.07) is 7.55. The Labute approximate surface area is 122 Å². The highest BCUT2D eigenvalue weighted by Gasteiger charge is 2.01. The van der Waals surface area contributed by atoms with E-state index in [1.54, 1.807) is 30.7 Å². The molecule has 0 saturated carbocycles. The predicted octanol–water partition coefficient (Wildman–Crippen LogP) is 2.19. The molecule has 0 bridgehead atoms. The van der Waals surface area contributed by atoms with Crippen molar-refractivity contribution in [2.24, 2.45) is 0 Å². The standard InChI is InChI=1S/C14H17N3O2S/c1-19-13-5-4-11(9-16-13)10-17-14(18)15-7-6-12-3-2-8-20-12/h2-5,8-9H,6-7,10H2,1H3,(H2,15,17,18). The molecule has 0 spiro atoms. The Kier molecular flexibility index (Phi) is 5.37. The number of nitrogens with zero attached hydrogens (tertiary/aromatic N) is 1. The highest BCUT2D eigenvalue weighted by molar-refractivity contribution is 7.09. The van der Waals surface area contributed by atoms with Crippen LogP contribution in [0.3, 0.4) is 0 Å². The Morgan fingerprint density at radius 3 is 2.90 bits per heavy atom. The monoisotopic (exact) mass is 291 g/mol. The quantitative estimate of drug-likeness (QED) is 0.857. The molecule has 2 amide bonds. The van der Waals surface area contributed by atoms with E-state index in [4.69, 9.17) is 4.74 Å². The summed E-state index contributed by atoms with van der Waals surface area (Å²) in [6.07, 6.45) is 2.54. The first-order valence-corrected chi connectivity index (χ1v) is 7.19. The van der Waals surface area contributed by atoms with E-state index in [0.29, 0.717) is 19.0 Å². The summed E-state index contributed by atoms with van der Waals surface area (Å²) in [4.78, 5) is 17.0. The fraction of sp³-hybridized carbons (Fsp3) is 0.286. The minimum Gasteiger partial charge on any atom is -0.481 e. The van der Waals surface area contributed by atoms with Crippen LogP contribution in [0, 0.1) is 0 Å². The third kappa shape index (κ3) is 4.55. The zero-order chi connectivity index (χ0) is 14.2. The Balaban J connectivity index is 1.66. The van der Waals surface area contributed by atoms with E-state index in [1.165, 1.54) is 4.88 Å². The van der Waals surface area contributed by atoms with Crippen LogP contribution < -0.4 is 15.4 Å². The fourth-order valence-electron chi connectivity index (χ4n) is 1.64. The number of ether oxygens (including phenoxy) is 1. The van der Waals surface area contributed by atoms with Crippen LogP contribution in [0.1, 0.15) is 10.4 Å². The van der Waals surface area contributed by atoms with E-state index in [2.05, 4.69) is 21.7 Å². The summed E-state index contributed by atoms with van der Waals surface area (Å²) in [5, 5.41) is 7.65. The van der Waals surface area contributed by atoms with Crippen molar-refractivity contribution in [1.82, 2.24) is 15.6 Å². The van der Waals surface area contributed by atoms with Crippen molar-refractivity contribution in [3.63, 3.8) is 0 Å². The normalized spacial score (nSPS) is 10.1. The van der Waals surface area contributed by atoms with Gasteiger partial charge in [0.05, 0.1) is 7.11 Å². The van der Waals surface area contributed by atoms with E-state index < -0.39 is 0 Å². The van der Waals surface area contributed by atoms with Gasteiger partial charge >= 0.3 is 6.03 Å². The highest BCUT2D eigenvalue weighted by atomic mass is 32.1. The first kappa shape index (κ1) is 14.3. The van der Waals surface area contributed by atoms with Crippen molar-refractivity contribution in [3.8, 4) is 5.88 Å². The molecule has 0 unspecified atom stereocenters. The maximum atomic E-state index is 11.6. The molecule has 0 aliphatic rings. The molecule has 0 aliphatic carbocycles. The van der Waals surface area contributed by atoms with E-state index in [1.807, 2.05) is 17.5 Å². The van der Waals surface area contributed by atoms with Crippen LogP contribution in [-0.2, 0) is 13.0 Å². The first-order chi connectivity index (χ1) is 9.78. The van der Waals surface area contributed by atoms with E-state index in [-0.39, 0.29) is 6.03 Å². The van der Waals surface area contributed by atoms with Crippen LogP contribution in [0.25, 0.3) is 0 Å². The van der Waals surface area contributed by atoms with Gasteiger partial charge in [-0.15, -0.1) is 11.3 Å². The van der Waals surface area contributed by atoms with Crippen LogP contribution in [0.15, 0.2) is 35.8 Å². The van der Waals surface area contributed by atoms with Crippen molar-refractivity contribution < 1.29 is 9.53 Å². The average Bonchev–Trinajstić information content (AvgIpc) is 2.99. The zero-order valence-electron chi connectivity index (χ0n) is 11.3. The Morgan fingerprint density at radius 2 is 2.25 bits per heavy atom. The zero-order valence-corrected chi connectivity index (χ0v) is 12.1. The van der Waals surface area contributed by atoms with E-state index >= 15 is 0 Å². The number of hydrogen-bond acceptors (Lipinski definition) is 4. The molecule has 0 aliphatic heterocycles. The van der Waals surface area contributed by atoms with Gasteiger partial charge in [0.2, 0.25) is 5.88 Å². The summed E-state index contributed by atoms with van der Waals surface area (Å²) in [6.45, 7) is 1.08. The second-order valence-corrected chi connectivity index (χ2v) is 5.18. The molecule has 2 aromatic rings. The Morgan fingerprint density at radius 1 is 1.35 bits per heavy atom. The maximum Gasteiger partial charge on any atom is 0.315 e. The number of hydrogen-bond donors (Lipinski definition) is 2. The number of carbonyl (C=O) groups excluding carboxylic acids is 1. The molecule has 2 rings (SSSR count). The second-order valence-electron chi connectivity index (χ2n) is 4.15. The van der Waals surface area contributed by atoms with Gasteiger partial charge in [0, 0.05) is 30.2 Å². The molecular formula is C14H17N3O2S. The van der Waals surface area contributed by atoms with Gasteiger partial charge in [-0.1, -0.05) is 12.1 Å². The SMILES string of the molecule is COc1ccc(CNC(=O)NCCc2cccs2)cn1. The lowest BCUT2D eigenvalue weighted by Gasteiger charge is -2.07. The predicted molar refractivity (Wildman–Crippen MR) is 79.1 cm³/mol. The van der Waals surface area contributed by atoms with Gasteiger partial charge in [0.1, 0.15) is 0 Å². The van der Waals surface area contributed by atoms with Crippen molar-refractivity contribution in [2.75, 3.05) is 13.7 Å². The summed E-state index contributed by atoms with van der Waals surface area (Å²) < 4.78 is 4.97. The van der Waals surface area contributed by atoms with Crippen LogP contribution in [0.2, 0.25) is 0 Å². The lowest BCUT2D eigenvalue weighted by atomic mass is 10.3. The van der Waals surface area contributed by atoms with Gasteiger partial charge in [-0.3, -0.25) is 0 Å². The average molecular weight is 291 g/mol. The molecule has 2 heterocycles. The van der Waals surface area contributed by atoms with Crippen molar-refractivity contribution in [1.29, 1.82) is 0 Å². The van der Waals surface area contributed by atoms with E-state index in [9.17, 15) is 4.79 Å². The van der Waals surface area contributed by atoms with Gasteiger partial charge in [0.25, 0.3) is 0 Å². The smallest absolute Gasteiger partial charge is 0.315 e. The van der Waals surface area contributed by atoms with Crippen LogP contribution in [-0.4, -0.2) is 24.7 Å². The van der Waals surface area contributed by atoms with E-state index in [0.717, 1.165) is 12.0 Å². The molecule has 2 aromatic heterocycles. The highest BCUT2D eigenvalue weighted by Crippen LogP contribution is 2.08. The number of methoxy groups -OCH3 is 1. The number of carbonyl (C=O) groups is 1. The summed E-state index contributed by atoms with van der Waals surface area (Å²) in [7, 11) is 1.57. The van der Waals surface area contributed by atoms with Crippen molar-refractivity contribution in [2.45, 2.75) is 13.0 Å². The number of pyridine rings is 1. The van der Waals surface area contributed by atoms with Gasteiger partial charge < -0.3 is 15.4 Å². The number of urea groups is 1.